The minimum Gasteiger partial charge on any atom is -0.493 e. The standard InChI is InChI=1S/C17H26N6O2/c1-5-18-17(20-11-16-22-21-12-23(16)3)19-10-13(2)25-15-9-7-6-8-14(15)24-4/h6-9,12-13H,5,10-11H2,1-4H3,(H2,18,19,20). The molecule has 0 aliphatic rings. The Hall–Kier alpha value is -2.77. The van der Waals surface area contributed by atoms with Gasteiger partial charge in [-0.25, -0.2) is 4.99 Å². The number of aromatic nitrogens is 3. The van der Waals surface area contributed by atoms with Crippen molar-refractivity contribution in [2.75, 3.05) is 20.2 Å². The van der Waals surface area contributed by atoms with E-state index in [0.29, 0.717) is 19.0 Å². The Morgan fingerprint density at radius 1 is 1.28 bits per heavy atom. The van der Waals surface area contributed by atoms with Gasteiger partial charge in [0.2, 0.25) is 0 Å². The third kappa shape index (κ3) is 5.66. The fraction of sp³-hybridized carbons (Fsp3) is 0.471. The molecule has 0 aliphatic carbocycles. The molecule has 1 heterocycles. The maximum atomic E-state index is 5.94. The molecule has 0 saturated heterocycles. The van der Waals surface area contributed by atoms with Crippen LogP contribution in [0.1, 0.15) is 19.7 Å². The number of guanidine groups is 1. The van der Waals surface area contributed by atoms with Crippen molar-refractivity contribution < 1.29 is 9.47 Å². The predicted molar refractivity (Wildman–Crippen MR) is 96.9 cm³/mol. The van der Waals surface area contributed by atoms with Crippen LogP contribution in [0.25, 0.3) is 0 Å². The quantitative estimate of drug-likeness (QED) is 0.554. The molecule has 1 atom stereocenters. The normalized spacial score (nSPS) is 12.6. The zero-order valence-electron chi connectivity index (χ0n) is 15.2. The average molecular weight is 346 g/mol. The third-order valence-electron chi connectivity index (χ3n) is 3.48. The minimum atomic E-state index is -0.0602. The number of ether oxygens (including phenoxy) is 2. The van der Waals surface area contributed by atoms with Crippen LogP contribution in [0.2, 0.25) is 0 Å². The lowest BCUT2D eigenvalue weighted by Gasteiger charge is -2.19. The summed E-state index contributed by atoms with van der Waals surface area (Å²) in [5.74, 6) is 2.95. The monoisotopic (exact) mass is 346 g/mol. The lowest BCUT2D eigenvalue weighted by atomic mass is 10.3. The van der Waals surface area contributed by atoms with Gasteiger partial charge in [-0.2, -0.15) is 0 Å². The summed E-state index contributed by atoms with van der Waals surface area (Å²) in [7, 11) is 3.53. The number of aliphatic imine (C=N–C) groups is 1. The fourth-order valence-corrected chi connectivity index (χ4v) is 2.16. The summed E-state index contributed by atoms with van der Waals surface area (Å²) in [6.07, 6.45) is 1.60. The van der Waals surface area contributed by atoms with Crippen LogP contribution in [-0.4, -0.2) is 47.0 Å². The van der Waals surface area contributed by atoms with Gasteiger partial charge in [0.25, 0.3) is 0 Å². The van der Waals surface area contributed by atoms with Crippen LogP contribution in [0.15, 0.2) is 35.6 Å². The molecule has 25 heavy (non-hydrogen) atoms. The molecule has 8 nitrogen and oxygen atoms in total. The molecule has 8 heteroatoms. The molecule has 0 amide bonds. The number of benzene rings is 1. The molecule has 2 rings (SSSR count). The van der Waals surface area contributed by atoms with Crippen molar-refractivity contribution in [2.45, 2.75) is 26.5 Å². The Balaban J connectivity index is 1.90. The van der Waals surface area contributed by atoms with E-state index in [1.165, 1.54) is 0 Å². The van der Waals surface area contributed by atoms with E-state index in [2.05, 4.69) is 25.8 Å². The van der Waals surface area contributed by atoms with Crippen LogP contribution >= 0.6 is 0 Å². The van der Waals surface area contributed by atoms with Crippen molar-refractivity contribution in [1.29, 1.82) is 0 Å². The molecule has 136 valence electrons. The fourth-order valence-electron chi connectivity index (χ4n) is 2.16. The number of methoxy groups -OCH3 is 1. The second-order valence-corrected chi connectivity index (χ2v) is 5.51. The second kappa shape index (κ2) is 9.51. The van der Waals surface area contributed by atoms with E-state index in [1.54, 1.807) is 13.4 Å². The molecule has 2 N–H and O–H groups in total. The van der Waals surface area contributed by atoms with Gasteiger partial charge in [0, 0.05) is 13.6 Å². The van der Waals surface area contributed by atoms with Crippen LogP contribution < -0.4 is 20.1 Å². The highest BCUT2D eigenvalue weighted by molar-refractivity contribution is 5.79. The van der Waals surface area contributed by atoms with E-state index in [0.717, 1.165) is 23.9 Å². The van der Waals surface area contributed by atoms with Crippen molar-refractivity contribution in [3.63, 3.8) is 0 Å². The molecule has 2 aromatic rings. The molecule has 1 unspecified atom stereocenters. The Labute approximate surface area is 148 Å². The first-order valence-corrected chi connectivity index (χ1v) is 8.28. The van der Waals surface area contributed by atoms with Crippen LogP contribution in [0.4, 0.5) is 0 Å². The van der Waals surface area contributed by atoms with E-state index in [1.807, 2.05) is 49.7 Å². The minimum absolute atomic E-state index is 0.0602. The molecule has 0 bridgehead atoms. The Bertz CT molecular complexity index is 685. The molecule has 0 fully saturated rings. The molecular weight excluding hydrogens is 320 g/mol. The van der Waals surface area contributed by atoms with E-state index < -0.39 is 0 Å². The summed E-state index contributed by atoms with van der Waals surface area (Å²) >= 11 is 0. The topological polar surface area (TPSA) is 85.6 Å². The molecule has 0 aliphatic heterocycles. The first-order valence-electron chi connectivity index (χ1n) is 8.28. The number of aryl methyl sites for hydroxylation is 1. The number of nitrogens with zero attached hydrogens (tertiary/aromatic N) is 4. The van der Waals surface area contributed by atoms with Gasteiger partial charge in [-0.1, -0.05) is 12.1 Å². The second-order valence-electron chi connectivity index (χ2n) is 5.51. The maximum absolute atomic E-state index is 5.94. The van der Waals surface area contributed by atoms with Gasteiger partial charge in [0.05, 0.1) is 13.7 Å². The van der Waals surface area contributed by atoms with Crippen molar-refractivity contribution in [3.05, 3.63) is 36.4 Å². The van der Waals surface area contributed by atoms with E-state index >= 15 is 0 Å². The summed E-state index contributed by atoms with van der Waals surface area (Å²) in [4.78, 5) is 4.52. The van der Waals surface area contributed by atoms with E-state index in [9.17, 15) is 0 Å². The first-order chi connectivity index (χ1) is 12.1. The number of hydrogen-bond acceptors (Lipinski definition) is 5. The Morgan fingerprint density at radius 3 is 2.68 bits per heavy atom. The van der Waals surface area contributed by atoms with Gasteiger partial charge >= 0.3 is 0 Å². The number of para-hydroxylation sites is 2. The summed E-state index contributed by atoms with van der Waals surface area (Å²) in [6, 6.07) is 7.60. The van der Waals surface area contributed by atoms with Crippen LogP contribution in [-0.2, 0) is 13.6 Å². The highest BCUT2D eigenvalue weighted by atomic mass is 16.5. The zero-order valence-corrected chi connectivity index (χ0v) is 15.2. The summed E-state index contributed by atoms with van der Waals surface area (Å²) in [5, 5.41) is 14.4. The van der Waals surface area contributed by atoms with Gasteiger partial charge < -0.3 is 24.7 Å². The van der Waals surface area contributed by atoms with Crippen LogP contribution in [0, 0.1) is 0 Å². The number of rotatable bonds is 8. The number of nitrogens with one attached hydrogen (secondary N) is 2. The zero-order chi connectivity index (χ0) is 18.1. The summed E-state index contributed by atoms with van der Waals surface area (Å²) in [5.41, 5.74) is 0. The van der Waals surface area contributed by atoms with Gasteiger partial charge in [-0.15, -0.1) is 10.2 Å². The molecule has 0 radical (unpaired) electrons. The van der Waals surface area contributed by atoms with E-state index in [4.69, 9.17) is 9.47 Å². The van der Waals surface area contributed by atoms with Crippen molar-refractivity contribution in [1.82, 2.24) is 25.4 Å². The molecule has 1 aromatic heterocycles. The largest absolute Gasteiger partial charge is 0.493 e. The Kier molecular flexibility index (Phi) is 7.06. The van der Waals surface area contributed by atoms with Gasteiger partial charge in [-0.3, -0.25) is 0 Å². The Morgan fingerprint density at radius 2 is 2.04 bits per heavy atom. The average Bonchev–Trinajstić information content (AvgIpc) is 3.03. The highest BCUT2D eigenvalue weighted by Gasteiger charge is 2.09. The lowest BCUT2D eigenvalue weighted by molar-refractivity contribution is 0.213. The maximum Gasteiger partial charge on any atom is 0.191 e. The smallest absolute Gasteiger partial charge is 0.191 e. The first kappa shape index (κ1) is 18.6. The van der Waals surface area contributed by atoms with Gasteiger partial charge in [0.1, 0.15) is 19.0 Å². The van der Waals surface area contributed by atoms with Gasteiger partial charge in [0.15, 0.2) is 23.3 Å². The summed E-state index contributed by atoms with van der Waals surface area (Å²) < 4.78 is 13.1. The van der Waals surface area contributed by atoms with E-state index in [-0.39, 0.29) is 6.10 Å². The van der Waals surface area contributed by atoms with Gasteiger partial charge in [-0.05, 0) is 26.0 Å². The van der Waals surface area contributed by atoms with Crippen LogP contribution in [0.5, 0.6) is 11.5 Å². The highest BCUT2D eigenvalue weighted by Crippen LogP contribution is 2.26. The molecule has 0 saturated carbocycles. The predicted octanol–water partition coefficient (Wildman–Crippen LogP) is 1.35. The molecule has 0 spiro atoms. The van der Waals surface area contributed by atoms with Crippen molar-refractivity contribution in [3.8, 4) is 11.5 Å². The SMILES string of the molecule is CCNC(=NCc1nncn1C)NCC(C)Oc1ccccc1OC. The molecular formula is C17H26N6O2. The molecule has 1 aromatic carbocycles. The van der Waals surface area contributed by atoms with Crippen molar-refractivity contribution in [2.24, 2.45) is 12.0 Å². The lowest BCUT2D eigenvalue weighted by Crippen LogP contribution is -2.41. The summed E-state index contributed by atoms with van der Waals surface area (Å²) in [6.45, 7) is 5.84. The number of hydrogen-bond donors (Lipinski definition) is 2. The third-order valence-corrected chi connectivity index (χ3v) is 3.48. The van der Waals surface area contributed by atoms with Crippen molar-refractivity contribution >= 4 is 5.96 Å². The van der Waals surface area contributed by atoms with Crippen LogP contribution in [0.3, 0.4) is 0 Å².